The fourth-order valence-corrected chi connectivity index (χ4v) is 4.86. The van der Waals surface area contributed by atoms with Gasteiger partial charge in [0.15, 0.2) is 0 Å². The molecule has 1 saturated heterocycles. The van der Waals surface area contributed by atoms with Crippen molar-refractivity contribution in [3.63, 3.8) is 0 Å². The Labute approximate surface area is 190 Å². The van der Waals surface area contributed by atoms with E-state index in [0.717, 1.165) is 39.0 Å². The van der Waals surface area contributed by atoms with Crippen LogP contribution in [0.2, 0.25) is 0 Å². The normalized spacial score (nSPS) is 18.8. The van der Waals surface area contributed by atoms with Crippen LogP contribution in [0.5, 0.6) is 0 Å². The smallest absolute Gasteiger partial charge is 0.0932 e. The molecule has 1 aliphatic heterocycles. The van der Waals surface area contributed by atoms with Crippen molar-refractivity contribution in [3.05, 3.63) is 87.9 Å². The van der Waals surface area contributed by atoms with Crippen molar-refractivity contribution >= 4 is 36.2 Å². The Morgan fingerprint density at radius 2 is 1.62 bits per heavy atom. The topological polar surface area (TPSA) is 42.1 Å². The Bertz CT molecular complexity index is 842. The van der Waals surface area contributed by atoms with E-state index >= 15 is 0 Å². The average molecular weight is 450 g/mol. The van der Waals surface area contributed by atoms with E-state index in [0.29, 0.717) is 11.8 Å². The van der Waals surface area contributed by atoms with Crippen LogP contribution in [0.4, 0.5) is 0 Å². The molecule has 0 spiro atoms. The maximum atomic E-state index is 6.08. The molecule has 3 nitrogen and oxygen atoms in total. The first kappa shape index (κ1) is 23.8. The van der Waals surface area contributed by atoms with Crippen LogP contribution in [-0.2, 0) is 19.4 Å². The number of thiazole rings is 1. The van der Waals surface area contributed by atoms with Gasteiger partial charge in [0.25, 0.3) is 0 Å². The summed E-state index contributed by atoms with van der Waals surface area (Å²) in [5.74, 6) is 1.07. The summed E-state index contributed by atoms with van der Waals surface area (Å²) in [5, 5.41) is 3.47. The summed E-state index contributed by atoms with van der Waals surface area (Å²) < 4.78 is 0. The summed E-state index contributed by atoms with van der Waals surface area (Å²) in [6.07, 6.45) is 2.08. The highest BCUT2D eigenvalue weighted by Crippen LogP contribution is 2.32. The van der Waals surface area contributed by atoms with E-state index in [2.05, 4.69) is 70.9 Å². The third-order valence-corrected chi connectivity index (χ3v) is 6.46. The first-order valence-corrected chi connectivity index (χ1v) is 10.6. The van der Waals surface area contributed by atoms with E-state index in [1.165, 1.54) is 21.8 Å². The fraction of sp³-hybridized carbons (Fsp3) is 0.348. The number of halogens is 2. The lowest BCUT2D eigenvalue weighted by atomic mass is 9.89. The highest BCUT2D eigenvalue weighted by Gasteiger charge is 2.32. The summed E-state index contributed by atoms with van der Waals surface area (Å²) >= 11 is 1.79. The predicted octanol–water partition coefficient (Wildman–Crippen LogP) is 4.95. The summed E-state index contributed by atoms with van der Waals surface area (Å²) in [5.41, 5.74) is 10.1. The zero-order valence-electron chi connectivity index (χ0n) is 16.4. The van der Waals surface area contributed by atoms with Gasteiger partial charge in [-0.2, -0.15) is 0 Å². The van der Waals surface area contributed by atoms with Gasteiger partial charge >= 0.3 is 0 Å². The molecule has 0 bridgehead atoms. The van der Waals surface area contributed by atoms with Gasteiger partial charge < -0.3 is 5.73 Å². The second-order valence-corrected chi connectivity index (χ2v) is 8.37. The average Bonchev–Trinajstić information content (AvgIpc) is 3.35. The van der Waals surface area contributed by atoms with Gasteiger partial charge in [0, 0.05) is 37.4 Å². The van der Waals surface area contributed by atoms with E-state index in [1.54, 1.807) is 11.3 Å². The molecule has 0 radical (unpaired) electrons. The van der Waals surface area contributed by atoms with Crippen LogP contribution in [0.3, 0.4) is 0 Å². The molecule has 1 fully saturated rings. The zero-order chi connectivity index (χ0) is 18.5. The number of rotatable bonds is 7. The second kappa shape index (κ2) is 11.7. The van der Waals surface area contributed by atoms with Crippen molar-refractivity contribution in [3.8, 4) is 0 Å². The van der Waals surface area contributed by atoms with Crippen LogP contribution in [0.1, 0.15) is 27.7 Å². The largest absolute Gasteiger partial charge is 0.330 e. The Hall–Kier alpha value is -1.43. The Kier molecular flexibility index (Phi) is 9.60. The number of likely N-dealkylation sites (tertiary alicyclic amines) is 1. The Morgan fingerprint density at radius 1 is 0.931 bits per heavy atom. The van der Waals surface area contributed by atoms with Crippen molar-refractivity contribution in [2.75, 3.05) is 19.6 Å². The first-order valence-electron chi connectivity index (χ1n) is 9.76. The van der Waals surface area contributed by atoms with E-state index < -0.39 is 0 Å². The van der Waals surface area contributed by atoms with Crippen LogP contribution in [0, 0.1) is 5.92 Å². The Balaban J connectivity index is 0.00000150. The van der Waals surface area contributed by atoms with Crippen molar-refractivity contribution in [1.82, 2.24) is 9.88 Å². The lowest BCUT2D eigenvalue weighted by Gasteiger charge is -2.16. The minimum absolute atomic E-state index is 0. The van der Waals surface area contributed by atoms with Gasteiger partial charge in [-0.1, -0.05) is 60.7 Å². The minimum Gasteiger partial charge on any atom is -0.330 e. The van der Waals surface area contributed by atoms with E-state index in [1.807, 2.05) is 0 Å². The molecule has 0 unspecified atom stereocenters. The molecule has 0 aliphatic carbocycles. The van der Waals surface area contributed by atoms with Crippen molar-refractivity contribution in [1.29, 1.82) is 0 Å². The molecule has 3 aromatic rings. The van der Waals surface area contributed by atoms with Gasteiger partial charge in [-0.15, -0.1) is 36.2 Å². The summed E-state index contributed by atoms with van der Waals surface area (Å²) in [6.45, 7) is 3.81. The number of benzene rings is 2. The number of nitrogens with zero attached hydrogens (tertiary/aromatic N) is 2. The molecule has 156 valence electrons. The molecule has 1 aliphatic rings. The number of hydrogen-bond donors (Lipinski definition) is 1. The lowest BCUT2D eigenvalue weighted by Crippen LogP contribution is -2.23. The molecule has 1 aromatic heterocycles. The number of nitrogens with two attached hydrogens (primary N) is 1. The number of hydrogen-bond acceptors (Lipinski definition) is 4. The zero-order valence-corrected chi connectivity index (χ0v) is 18.9. The van der Waals surface area contributed by atoms with Crippen LogP contribution in [0.25, 0.3) is 0 Å². The molecule has 4 rings (SSSR count). The maximum absolute atomic E-state index is 6.08. The molecule has 2 atom stereocenters. The van der Waals surface area contributed by atoms with E-state index in [-0.39, 0.29) is 24.8 Å². The quantitative estimate of drug-likeness (QED) is 0.554. The summed E-state index contributed by atoms with van der Waals surface area (Å²) in [4.78, 5) is 7.40. The standard InChI is InChI=1S/C23H27N3S.2ClH/c24-13-20-14-26(16-22(20)19-9-5-2-6-10-19)15-21-17-27-23(25-21)12-11-18-7-3-1-4-8-18;;/h1-10,17,20,22H,11-16,24H2;2*1H/t20-,22+;;/m1../s1. The highest BCUT2D eigenvalue weighted by molar-refractivity contribution is 7.09. The van der Waals surface area contributed by atoms with E-state index in [9.17, 15) is 0 Å². The van der Waals surface area contributed by atoms with Gasteiger partial charge in [-0.25, -0.2) is 4.98 Å². The summed E-state index contributed by atoms with van der Waals surface area (Å²) in [7, 11) is 0. The fourth-order valence-electron chi connectivity index (χ4n) is 4.07. The predicted molar refractivity (Wildman–Crippen MR) is 127 cm³/mol. The molecule has 2 heterocycles. The van der Waals surface area contributed by atoms with Crippen molar-refractivity contribution in [2.24, 2.45) is 11.7 Å². The van der Waals surface area contributed by atoms with Crippen molar-refractivity contribution < 1.29 is 0 Å². The maximum Gasteiger partial charge on any atom is 0.0932 e. The first-order chi connectivity index (χ1) is 13.3. The minimum atomic E-state index is 0. The second-order valence-electron chi connectivity index (χ2n) is 7.43. The summed E-state index contributed by atoms with van der Waals surface area (Å²) in [6, 6.07) is 21.5. The molecule has 2 aromatic carbocycles. The molecule has 2 N–H and O–H groups in total. The molecule has 0 amide bonds. The molecule has 0 saturated carbocycles. The Morgan fingerprint density at radius 3 is 2.31 bits per heavy atom. The highest BCUT2D eigenvalue weighted by atomic mass is 35.5. The van der Waals surface area contributed by atoms with Crippen LogP contribution < -0.4 is 5.73 Å². The van der Waals surface area contributed by atoms with Gasteiger partial charge in [0.05, 0.1) is 10.7 Å². The van der Waals surface area contributed by atoms with Gasteiger partial charge in [0.2, 0.25) is 0 Å². The monoisotopic (exact) mass is 449 g/mol. The SMILES string of the molecule is Cl.Cl.NC[C@@H]1CN(Cc2csc(CCc3ccccc3)n2)C[C@H]1c1ccccc1. The third kappa shape index (κ3) is 6.27. The number of aryl methyl sites for hydroxylation is 2. The molecule has 6 heteroatoms. The van der Waals surface area contributed by atoms with E-state index in [4.69, 9.17) is 10.7 Å². The van der Waals surface area contributed by atoms with Crippen LogP contribution >= 0.6 is 36.2 Å². The van der Waals surface area contributed by atoms with Gasteiger partial charge in [0.1, 0.15) is 0 Å². The van der Waals surface area contributed by atoms with Crippen molar-refractivity contribution in [2.45, 2.75) is 25.3 Å². The number of aromatic nitrogens is 1. The molecular formula is C23H29Cl2N3S. The van der Waals surface area contributed by atoms with Gasteiger partial charge in [-0.3, -0.25) is 4.90 Å². The van der Waals surface area contributed by atoms with Gasteiger partial charge in [-0.05, 0) is 30.0 Å². The lowest BCUT2D eigenvalue weighted by molar-refractivity contribution is 0.313. The third-order valence-electron chi connectivity index (χ3n) is 5.50. The van der Waals surface area contributed by atoms with Crippen LogP contribution in [-0.4, -0.2) is 29.5 Å². The molecular weight excluding hydrogens is 421 g/mol. The molecule has 29 heavy (non-hydrogen) atoms. The van der Waals surface area contributed by atoms with Crippen LogP contribution in [0.15, 0.2) is 66.0 Å².